The molecule has 132 valence electrons. The first-order valence-electron chi connectivity index (χ1n) is 8.10. The van der Waals surface area contributed by atoms with Crippen molar-refractivity contribution in [2.45, 2.75) is 18.6 Å². The van der Waals surface area contributed by atoms with Crippen LogP contribution in [0, 0.1) is 0 Å². The highest BCUT2D eigenvalue weighted by atomic mass is 19.4. The molecule has 0 spiro atoms. The summed E-state index contributed by atoms with van der Waals surface area (Å²) in [7, 11) is 0. The minimum Gasteiger partial charge on any atom is -0.366 e. The average molecular weight is 348 g/mol. The molecule has 1 N–H and O–H groups in total. The van der Waals surface area contributed by atoms with Crippen LogP contribution in [0.4, 0.5) is 19.0 Å². The topological polar surface area (TPSA) is 41.0 Å². The van der Waals surface area contributed by atoms with E-state index in [2.05, 4.69) is 32.3 Å². The monoisotopic (exact) mass is 348 g/mol. The number of halogens is 3. The van der Waals surface area contributed by atoms with Gasteiger partial charge in [-0.05, 0) is 12.0 Å². The van der Waals surface area contributed by atoms with Gasteiger partial charge in [0.15, 0.2) is 0 Å². The van der Waals surface area contributed by atoms with Crippen LogP contribution < -0.4 is 5.32 Å². The fourth-order valence-electron chi connectivity index (χ4n) is 2.82. The number of rotatable bonds is 5. The number of likely N-dealkylation sites (tertiary alicyclic amines) is 1. The minimum absolute atomic E-state index is 0.0844. The lowest BCUT2D eigenvalue weighted by molar-refractivity contribution is -0.141. The highest BCUT2D eigenvalue weighted by Gasteiger charge is 2.33. The van der Waals surface area contributed by atoms with Crippen molar-refractivity contribution in [3.8, 4) is 0 Å². The molecule has 1 fully saturated rings. The first-order chi connectivity index (χ1) is 12.0. The molecule has 4 nitrogen and oxygen atoms in total. The van der Waals surface area contributed by atoms with E-state index >= 15 is 0 Å². The quantitative estimate of drug-likeness (QED) is 0.895. The fourth-order valence-corrected chi connectivity index (χ4v) is 2.82. The minimum atomic E-state index is -4.46. The van der Waals surface area contributed by atoms with Gasteiger partial charge in [-0.1, -0.05) is 42.5 Å². The molecule has 0 radical (unpaired) electrons. The Balaban J connectivity index is 1.51. The van der Waals surface area contributed by atoms with Crippen LogP contribution in [-0.4, -0.2) is 40.5 Å². The maximum atomic E-state index is 12.7. The molecule has 0 aliphatic carbocycles. The third kappa shape index (κ3) is 5.03. The molecule has 0 saturated carbocycles. The maximum absolute atomic E-state index is 12.7. The van der Waals surface area contributed by atoms with Gasteiger partial charge in [0.1, 0.15) is 17.8 Å². The van der Waals surface area contributed by atoms with E-state index in [0.29, 0.717) is 0 Å². The third-order valence-corrected chi connectivity index (χ3v) is 4.06. The maximum Gasteiger partial charge on any atom is 0.433 e. The van der Waals surface area contributed by atoms with E-state index in [1.54, 1.807) is 0 Å². The number of nitrogens with one attached hydrogen (secondary N) is 1. The second-order valence-electron chi connectivity index (χ2n) is 5.99. The number of alkyl halides is 3. The zero-order valence-electron chi connectivity index (χ0n) is 13.6. The van der Waals surface area contributed by atoms with Crippen molar-refractivity contribution >= 4 is 11.9 Å². The van der Waals surface area contributed by atoms with Crippen LogP contribution in [0.1, 0.15) is 17.7 Å². The predicted octanol–water partition coefficient (Wildman–Crippen LogP) is 3.70. The molecule has 3 rings (SSSR count). The van der Waals surface area contributed by atoms with Crippen molar-refractivity contribution in [2.24, 2.45) is 0 Å². The van der Waals surface area contributed by atoms with Gasteiger partial charge >= 0.3 is 6.18 Å². The van der Waals surface area contributed by atoms with Crippen LogP contribution in [0.3, 0.4) is 0 Å². The van der Waals surface area contributed by atoms with E-state index in [9.17, 15) is 13.2 Å². The molecule has 1 aromatic heterocycles. The molecule has 1 aliphatic heterocycles. The molecule has 1 unspecified atom stereocenters. The molecule has 1 saturated heterocycles. The summed E-state index contributed by atoms with van der Waals surface area (Å²) in [5.41, 5.74) is 0.225. The van der Waals surface area contributed by atoms with Gasteiger partial charge in [0.05, 0.1) is 0 Å². The molecule has 1 aliphatic rings. The van der Waals surface area contributed by atoms with Gasteiger partial charge < -0.3 is 5.32 Å². The number of aromatic nitrogens is 2. The van der Waals surface area contributed by atoms with Gasteiger partial charge in [0, 0.05) is 31.7 Å². The van der Waals surface area contributed by atoms with Crippen molar-refractivity contribution in [1.82, 2.24) is 14.9 Å². The van der Waals surface area contributed by atoms with Gasteiger partial charge in [-0.15, -0.1) is 0 Å². The van der Waals surface area contributed by atoms with E-state index in [0.717, 1.165) is 44.0 Å². The Morgan fingerprint density at radius 1 is 1.20 bits per heavy atom. The Kier molecular flexibility index (Phi) is 5.33. The predicted molar refractivity (Wildman–Crippen MR) is 91.0 cm³/mol. The molecular formula is C18H19F3N4. The van der Waals surface area contributed by atoms with E-state index < -0.39 is 11.9 Å². The molecule has 2 aromatic rings. The lowest BCUT2D eigenvalue weighted by Gasteiger charge is -2.16. The van der Waals surface area contributed by atoms with Crippen LogP contribution in [0.5, 0.6) is 0 Å². The highest BCUT2D eigenvalue weighted by molar-refractivity contribution is 5.48. The standard InChI is InChI=1S/C18H19F3N4/c19-18(20,21)16-11-17(23-13-22-16)24-15-8-10-25(12-15)9-4-7-14-5-2-1-3-6-14/h1-7,11,13,15H,8-10,12H2,(H,22,23,24)/b7-4+. The van der Waals surface area contributed by atoms with Crippen LogP contribution >= 0.6 is 0 Å². The van der Waals surface area contributed by atoms with Gasteiger partial charge in [0.25, 0.3) is 0 Å². The van der Waals surface area contributed by atoms with Gasteiger partial charge in [-0.25, -0.2) is 9.97 Å². The highest BCUT2D eigenvalue weighted by Crippen LogP contribution is 2.28. The Labute approximate surface area is 144 Å². The zero-order chi connectivity index (χ0) is 17.7. The van der Waals surface area contributed by atoms with Gasteiger partial charge in [0.2, 0.25) is 0 Å². The Morgan fingerprint density at radius 3 is 2.76 bits per heavy atom. The number of anilines is 1. The van der Waals surface area contributed by atoms with E-state index in [1.807, 2.05) is 30.3 Å². The summed E-state index contributed by atoms with van der Waals surface area (Å²) >= 11 is 0. The molecular weight excluding hydrogens is 329 g/mol. The SMILES string of the molecule is FC(F)(F)c1cc(NC2CCN(C/C=C/c3ccccc3)C2)ncn1. The Morgan fingerprint density at radius 2 is 2.00 bits per heavy atom. The molecule has 0 amide bonds. The summed E-state index contributed by atoms with van der Waals surface area (Å²) in [6.07, 6.45) is 1.53. The number of benzene rings is 1. The number of hydrogen-bond donors (Lipinski definition) is 1. The molecule has 1 atom stereocenters. The summed E-state index contributed by atoms with van der Waals surface area (Å²) in [4.78, 5) is 9.42. The Hall–Kier alpha value is -2.41. The first-order valence-corrected chi connectivity index (χ1v) is 8.10. The van der Waals surface area contributed by atoms with Gasteiger partial charge in [-0.3, -0.25) is 4.90 Å². The first kappa shape index (κ1) is 17.4. The summed E-state index contributed by atoms with van der Waals surface area (Å²) in [5.74, 6) is 0.217. The lowest BCUT2D eigenvalue weighted by Crippen LogP contribution is -2.26. The zero-order valence-corrected chi connectivity index (χ0v) is 13.6. The van der Waals surface area contributed by atoms with Crippen molar-refractivity contribution in [2.75, 3.05) is 25.0 Å². The lowest BCUT2D eigenvalue weighted by atomic mass is 10.2. The van der Waals surface area contributed by atoms with Crippen LogP contribution in [0.25, 0.3) is 6.08 Å². The number of nitrogens with zero attached hydrogens (tertiary/aromatic N) is 3. The second-order valence-corrected chi connectivity index (χ2v) is 5.99. The molecule has 1 aromatic carbocycles. The van der Waals surface area contributed by atoms with Gasteiger partial charge in [-0.2, -0.15) is 13.2 Å². The van der Waals surface area contributed by atoms with Crippen LogP contribution in [0.15, 0.2) is 48.8 Å². The van der Waals surface area contributed by atoms with Crippen LogP contribution in [-0.2, 0) is 6.18 Å². The van der Waals surface area contributed by atoms with Crippen molar-refractivity contribution in [1.29, 1.82) is 0 Å². The van der Waals surface area contributed by atoms with E-state index in [1.165, 1.54) is 0 Å². The Bertz CT molecular complexity index is 716. The largest absolute Gasteiger partial charge is 0.433 e. The smallest absolute Gasteiger partial charge is 0.366 e. The summed E-state index contributed by atoms with van der Waals surface area (Å²) < 4.78 is 38.1. The van der Waals surface area contributed by atoms with Crippen molar-refractivity contribution in [3.63, 3.8) is 0 Å². The van der Waals surface area contributed by atoms with E-state index in [4.69, 9.17) is 0 Å². The fraction of sp³-hybridized carbons (Fsp3) is 0.333. The van der Waals surface area contributed by atoms with Crippen molar-refractivity contribution < 1.29 is 13.2 Å². The molecule has 2 heterocycles. The van der Waals surface area contributed by atoms with E-state index in [-0.39, 0.29) is 11.9 Å². The average Bonchev–Trinajstić information content (AvgIpc) is 3.03. The number of hydrogen-bond acceptors (Lipinski definition) is 4. The molecule has 25 heavy (non-hydrogen) atoms. The third-order valence-electron chi connectivity index (χ3n) is 4.06. The van der Waals surface area contributed by atoms with Crippen molar-refractivity contribution in [3.05, 3.63) is 60.1 Å². The summed E-state index contributed by atoms with van der Waals surface area (Å²) in [6, 6.07) is 11.1. The summed E-state index contributed by atoms with van der Waals surface area (Å²) in [6.45, 7) is 2.48. The summed E-state index contributed by atoms with van der Waals surface area (Å²) in [5, 5.41) is 3.07. The normalized spacial score (nSPS) is 18.8. The molecule has 0 bridgehead atoms. The second kappa shape index (κ2) is 7.65. The molecule has 7 heteroatoms. The van der Waals surface area contributed by atoms with Crippen LogP contribution in [0.2, 0.25) is 0 Å².